The minimum absolute atomic E-state index is 0.107. The highest BCUT2D eigenvalue weighted by Gasteiger charge is 2.18. The topological polar surface area (TPSA) is 72.6 Å². The molecule has 0 aliphatic heterocycles. The Bertz CT molecular complexity index is 658. The fraction of sp³-hybridized carbons (Fsp3) is 0.200. The summed E-state index contributed by atoms with van der Waals surface area (Å²) >= 11 is 0. The first-order chi connectivity index (χ1) is 9.99. The summed E-state index contributed by atoms with van der Waals surface area (Å²) in [7, 11) is 0. The van der Waals surface area contributed by atoms with E-state index in [4.69, 9.17) is 4.74 Å². The normalized spacial score (nSPS) is 12.0. The molecule has 2 rings (SSSR count). The largest absolute Gasteiger partial charge is 0.489 e. The van der Waals surface area contributed by atoms with Gasteiger partial charge >= 0.3 is 0 Å². The number of nitrogens with zero attached hydrogens (tertiary/aromatic N) is 1. The molecular formula is C15H14FNO4. The lowest BCUT2D eigenvalue weighted by Gasteiger charge is -2.10. The van der Waals surface area contributed by atoms with Crippen LogP contribution in [0.5, 0.6) is 5.75 Å². The van der Waals surface area contributed by atoms with Crippen LogP contribution in [0.3, 0.4) is 0 Å². The zero-order valence-electron chi connectivity index (χ0n) is 11.3. The number of aliphatic hydroxyl groups is 1. The molecule has 0 bridgehead atoms. The lowest BCUT2D eigenvalue weighted by atomic mass is 10.1. The lowest BCUT2D eigenvalue weighted by molar-refractivity contribution is -0.386. The molecule has 0 spiro atoms. The van der Waals surface area contributed by atoms with Crippen molar-refractivity contribution >= 4 is 5.69 Å². The molecule has 0 radical (unpaired) electrons. The Labute approximate surface area is 120 Å². The zero-order chi connectivity index (χ0) is 15.4. The maximum Gasteiger partial charge on any atom is 0.278 e. The number of benzene rings is 2. The summed E-state index contributed by atoms with van der Waals surface area (Å²) in [5, 5.41) is 20.4. The van der Waals surface area contributed by atoms with Gasteiger partial charge in [0.05, 0.1) is 11.0 Å². The number of halogens is 1. The van der Waals surface area contributed by atoms with Crippen LogP contribution in [0.15, 0.2) is 42.5 Å². The van der Waals surface area contributed by atoms with Crippen molar-refractivity contribution in [1.29, 1.82) is 0 Å². The van der Waals surface area contributed by atoms with Gasteiger partial charge in [-0.2, -0.15) is 0 Å². The second-order valence-electron chi connectivity index (χ2n) is 4.53. The second-order valence-corrected chi connectivity index (χ2v) is 4.53. The summed E-state index contributed by atoms with van der Waals surface area (Å²) in [5.41, 5.74) is 0.224. The molecule has 0 saturated carbocycles. The standard InChI is InChI=1S/C15H14FNO4/c1-10(18)11-4-2-5-12(8-11)21-9-13-14(16)6-3-7-15(13)17(19)20/h2-8,10,18H,9H2,1H3. The summed E-state index contributed by atoms with van der Waals surface area (Å²) < 4.78 is 19.1. The number of hydrogen-bond acceptors (Lipinski definition) is 4. The Kier molecular flexibility index (Phi) is 4.49. The van der Waals surface area contributed by atoms with Crippen LogP contribution in [0, 0.1) is 15.9 Å². The van der Waals surface area contributed by atoms with Gasteiger partial charge < -0.3 is 9.84 Å². The van der Waals surface area contributed by atoms with E-state index >= 15 is 0 Å². The quantitative estimate of drug-likeness (QED) is 0.677. The third-order valence-electron chi connectivity index (χ3n) is 3.01. The molecule has 1 unspecified atom stereocenters. The third-order valence-corrected chi connectivity index (χ3v) is 3.01. The summed E-state index contributed by atoms with van der Waals surface area (Å²) in [6.45, 7) is 1.35. The summed E-state index contributed by atoms with van der Waals surface area (Å²) in [6.07, 6.45) is -0.656. The van der Waals surface area contributed by atoms with Crippen molar-refractivity contribution in [3.05, 3.63) is 69.5 Å². The van der Waals surface area contributed by atoms with Gasteiger partial charge in [-0.15, -0.1) is 0 Å². The Hall–Kier alpha value is -2.47. The molecule has 0 amide bonds. The van der Waals surface area contributed by atoms with E-state index in [1.807, 2.05) is 0 Å². The molecule has 1 atom stereocenters. The molecule has 2 aromatic rings. The van der Waals surface area contributed by atoms with Crippen LogP contribution in [-0.4, -0.2) is 10.0 Å². The number of ether oxygens (including phenoxy) is 1. The average Bonchev–Trinajstić information content (AvgIpc) is 2.46. The molecule has 1 N–H and O–H groups in total. The number of nitro benzene ring substituents is 1. The van der Waals surface area contributed by atoms with Crippen LogP contribution < -0.4 is 4.74 Å². The van der Waals surface area contributed by atoms with Crippen molar-refractivity contribution in [1.82, 2.24) is 0 Å². The predicted octanol–water partition coefficient (Wildman–Crippen LogP) is 3.37. The molecule has 0 fully saturated rings. The van der Waals surface area contributed by atoms with Crippen LogP contribution in [-0.2, 0) is 6.61 Å². The van der Waals surface area contributed by atoms with Gasteiger partial charge in [-0.1, -0.05) is 18.2 Å². The van der Waals surface area contributed by atoms with Crippen LogP contribution in [0.1, 0.15) is 24.2 Å². The van der Waals surface area contributed by atoms with E-state index in [2.05, 4.69) is 0 Å². The highest BCUT2D eigenvalue weighted by Crippen LogP contribution is 2.24. The van der Waals surface area contributed by atoms with Crippen LogP contribution >= 0.6 is 0 Å². The Morgan fingerprint density at radius 2 is 2.05 bits per heavy atom. The second kappa shape index (κ2) is 6.32. The molecule has 0 saturated heterocycles. The van der Waals surface area contributed by atoms with Gasteiger partial charge in [0.2, 0.25) is 0 Å². The van der Waals surface area contributed by atoms with E-state index in [-0.39, 0.29) is 17.9 Å². The maximum atomic E-state index is 13.7. The molecule has 6 heteroatoms. The molecule has 0 aliphatic carbocycles. The molecule has 5 nitrogen and oxygen atoms in total. The number of hydrogen-bond donors (Lipinski definition) is 1. The summed E-state index contributed by atoms with van der Waals surface area (Å²) in [4.78, 5) is 10.2. The first-order valence-electron chi connectivity index (χ1n) is 6.31. The van der Waals surface area contributed by atoms with E-state index < -0.39 is 16.8 Å². The van der Waals surface area contributed by atoms with Gasteiger partial charge in [-0.05, 0) is 30.7 Å². The Morgan fingerprint density at radius 3 is 2.71 bits per heavy atom. The molecule has 110 valence electrons. The van der Waals surface area contributed by atoms with Crippen molar-refractivity contribution in [3.8, 4) is 5.75 Å². The maximum absolute atomic E-state index is 13.7. The molecule has 0 aromatic heterocycles. The summed E-state index contributed by atoms with van der Waals surface area (Å²) in [6, 6.07) is 10.3. The Morgan fingerprint density at radius 1 is 1.33 bits per heavy atom. The number of nitro groups is 1. The van der Waals surface area contributed by atoms with E-state index in [1.165, 1.54) is 12.1 Å². The van der Waals surface area contributed by atoms with Gasteiger partial charge in [0.25, 0.3) is 5.69 Å². The van der Waals surface area contributed by atoms with Crippen LogP contribution in [0.4, 0.5) is 10.1 Å². The van der Waals surface area contributed by atoms with Gasteiger partial charge in [0.15, 0.2) is 0 Å². The molecule has 21 heavy (non-hydrogen) atoms. The van der Waals surface area contributed by atoms with E-state index in [1.54, 1.807) is 31.2 Å². The van der Waals surface area contributed by atoms with Crippen molar-refractivity contribution in [2.24, 2.45) is 0 Å². The van der Waals surface area contributed by atoms with Crippen LogP contribution in [0.25, 0.3) is 0 Å². The minimum atomic E-state index is -0.684. The third kappa shape index (κ3) is 3.55. The fourth-order valence-corrected chi connectivity index (χ4v) is 1.88. The highest BCUT2D eigenvalue weighted by molar-refractivity contribution is 5.41. The smallest absolute Gasteiger partial charge is 0.278 e. The zero-order valence-corrected chi connectivity index (χ0v) is 11.3. The van der Waals surface area contributed by atoms with Gasteiger partial charge in [-0.25, -0.2) is 4.39 Å². The highest BCUT2D eigenvalue weighted by atomic mass is 19.1. The molecule has 0 heterocycles. The first-order valence-corrected chi connectivity index (χ1v) is 6.31. The fourth-order valence-electron chi connectivity index (χ4n) is 1.88. The molecule has 0 aliphatic rings. The average molecular weight is 291 g/mol. The first kappa shape index (κ1) is 14.9. The van der Waals surface area contributed by atoms with Crippen molar-refractivity contribution in [3.63, 3.8) is 0 Å². The van der Waals surface area contributed by atoms with E-state index in [0.717, 1.165) is 6.07 Å². The lowest BCUT2D eigenvalue weighted by Crippen LogP contribution is -2.04. The van der Waals surface area contributed by atoms with Crippen molar-refractivity contribution < 1.29 is 19.2 Å². The van der Waals surface area contributed by atoms with Crippen molar-refractivity contribution in [2.75, 3.05) is 0 Å². The van der Waals surface area contributed by atoms with Gasteiger partial charge in [-0.3, -0.25) is 10.1 Å². The van der Waals surface area contributed by atoms with Crippen molar-refractivity contribution in [2.45, 2.75) is 19.6 Å². The number of rotatable bonds is 5. The monoisotopic (exact) mass is 291 g/mol. The SMILES string of the molecule is CC(O)c1cccc(OCc2c(F)cccc2[N+](=O)[O-])c1. The van der Waals surface area contributed by atoms with Gasteiger partial charge in [0, 0.05) is 6.07 Å². The number of aliphatic hydroxyl groups excluding tert-OH is 1. The predicted molar refractivity (Wildman–Crippen MR) is 74.5 cm³/mol. The van der Waals surface area contributed by atoms with E-state index in [0.29, 0.717) is 11.3 Å². The molecular weight excluding hydrogens is 277 g/mol. The summed E-state index contributed by atoms with van der Waals surface area (Å²) in [5.74, 6) is -0.276. The Balaban J connectivity index is 2.21. The minimum Gasteiger partial charge on any atom is -0.489 e. The van der Waals surface area contributed by atoms with Crippen LogP contribution in [0.2, 0.25) is 0 Å². The van der Waals surface area contributed by atoms with E-state index in [9.17, 15) is 19.6 Å². The van der Waals surface area contributed by atoms with Gasteiger partial charge in [0.1, 0.15) is 23.7 Å². The molecule has 2 aromatic carbocycles.